The van der Waals surface area contributed by atoms with Crippen LogP contribution >= 0.6 is 22.6 Å². The van der Waals surface area contributed by atoms with Gasteiger partial charge in [0.05, 0.1) is 12.2 Å². The first-order chi connectivity index (χ1) is 9.22. The van der Waals surface area contributed by atoms with E-state index in [1.165, 1.54) is 0 Å². The normalized spacial score (nSPS) is 10.2. The maximum absolute atomic E-state index is 12.5. The Hall–Kier alpha value is -1.36. The van der Waals surface area contributed by atoms with E-state index in [0.717, 1.165) is 9.99 Å². The topological polar surface area (TPSA) is 26.3 Å². The molecule has 0 fully saturated rings. The minimum Gasteiger partial charge on any atom is -0.493 e. The first-order valence-corrected chi connectivity index (χ1v) is 7.32. The van der Waals surface area contributed by atoms with Crippen molar-refractivity contribution in [3.63, 3.8) is 0 Å². The van der Waals surface area contributed by atoms with Crippen LogP contribution in [0, 0.1) is 3.57 Å². The van der Waals surface area contributed by atoms with Gasteiger partial charge in [0.25, 0.3) is 0 Å². The highest BCUT2D eigenvalue weighted by Crippen LogP contribution is 2.22. The number of carbonyl (C=O) groups is 1. The molecule has 0 bridgehead atoms. The van der Waals surface area contributed by atoms with E-state index in [1.807, 2.05) is 55.5 Å². The molecule has 2 nitrogen and oxygen atoms in total. The minimum atomic E-state index is 0.00287. The van der Waals surface area contributed by atoms with Crippen LogP contribution in [-0.2, 0) is 0 Å². The summed E-state index contributed by atoms with van der Waals surface area (Å²) in [6.07, 6.45) is 0.923. The van der Waals surface area contributed by atoms with Gasteiger partial charge in [-0.25, -0.2) is 0 Å². The van der Waals surface area contributed by atoms with Crippen molar-refractivity contribution in [2.24, 2.45) is 0 Å². The van der Waals surface area contributed by atoms with E-state index >= 15 is 0 Å². The molecule has 0 aliphatic heterocycles. The zero-order valence-electron chi connectivity index (χ0n) is 10.7. The molecule has 2 rings (SSSR count). The first-order valence-electron chi connectivity index (χ1n) is 6.24. The highest BCUT2D eigenvalue weighted by Gasteiger charge is 2.13. The third-order valence-electron chi connectivity index (χ3n) is 2.70. The van der Waals surface area contributed by atoms with Crippen molar-refractivity contribution in [1.29, 1.82) is 0 Å². The van der Waals surface area contributed by atoms with Crippen molar-refractivity contribution in [2.75, 3.05) is 6.61 Å². The van der Waals surface area contributed by atoms with Crippen LogP contribution < -0.4 is 4.74 Å². The Balaban J connectivity index is 2.30. The van der Waals surface area contributed by atoms with E-state index in [2.05, 4.69) is 22.6 Å². The van der Waals surface area contributed by atoms with Crippen LogP contribution in [0.15, 0.2) is 48.5 Å². The lowest BCUT2D eigenvalue weighted by atomic mass is 10.0. The Morgan fingerprint density at radius 1 is 1.11 bits per heavy atom. The summed E-state index contributed by atoms with van der Waals surface area (Å²) >= 11 is 2.22. The highest BCUT2D eigenvalue weighted by atomic mass is 127. The zero-order valence-corrected chi connectivity index (χ0v) is 12.9. The van der Waals surface area contributed by atoms with Gasteiger partial charge in [-0.05, 0) is 65.4 Å². The fourth-order valence-electron chi connectivity index (χ4n) is 1.75. The number of hydrogen-bond donors (Lipinski definition) is 0. The summed E-state index contributed by atoms with van der Waals surface area (Å²) in [7, 11) is 0. The molecule has 0 unspecified atom stereocenters. The molecule has 0 saturated carbocycles. The number of benzene rings is 2. The summed E-state index contributed by atoms with van der Waals surface area (Å²) in [5.41, 5.74) is 1.31. The second-order valence-corrected chi connectivity index (χ2v) is 5.43. The molecule has 0 aliphatic carbocycles. The molecule has 0 amide bonds. The minimum absolute atomic E-state index is 0.00287. The smallest absolute Gasteiger partial charge is 0.196 e. The standard InChI is InChI=1S/C16H15IO2/c1-2-11-19-15-6-4-3-5-14(15)16(18)12-7-9-13(17)10-8-12/h3-10H,2,11H2,1H3. The third-order valence-corrected chi connectivity index (χ3v) is 3.42. The molecule has 0 aromatic heterocycles. The molecule has 19 heavy (non-hydrogen) atoms. The Morgan fingerprint density at radius 2 is 1.79 bits per heavy atom. The SMILES string of the molecule is CCCOc1ccccc1C(=O)c1ccc(I)cc1. The summed E-state index contributed by atoms with van der Waals surface area (Å²) in [4.78, 5) is 12.5. The number of halogens is 1. The Labute approximate surface area is 126 Å². The number of carbonyl (C=O) groups excluding carboxylic acids is 1. The second-order valence-electron chi connectivity index (χ2n) is 4.18. The maximum Gasteiger partial charge on any atom is 0.196 e. The van der Waals surface area contributed by atoms with Gasteiger partial charge in [-0.1, -0.05) is 19.1 Å². The molecular formula is C16H15IO2. The zero-order chi connectivity index (χ0) is 13.7. The van der Waals surface area contributed by atoms with Gasteiger partial charge in [0.15, 0.2) is 5.78 Å². The number of ether oxygens (including phenoxy) is 1. The van der Waals surface area contributed by atoms with Crippen LogP contribution in [-0.4, -0.2) is 12.4 Å². The van der Waals surface area contributed by atoms with Crippen molar-refractivity contribution in [3.05, 3.63) is 63.2 Å². The fraction of sp³-hybridized carbons (Fsp3) is 0.188. The molecule has 98 valence electrons. The summed E-state index contributed by atoms with van der Waals surface area (Å²) in [6.45, 7) is 2.67. The third kappa shape index (κ3) is 3.56. The maximum atomic E-state index is 12.5. The molecule has 0 atom stereocenters. The van der Waals surface area contributed by atoms with Gasteiger partial charge in [0.1, 0.15) is 5.75 Å². The molecule has 0 heterocycles. The predicted molar refractivity (Wildman–Crippen MR) is 84.8 cm³/mol. The van der Waals surface area contributed by atoms with E-state index in [9.17, 15) is 4.79 Å². The molecule has 2 aromatic carbocycles. The molecule has 0 saturated heterocycles. The van der Waals surface area contributed by atoms with Crippen LogP contribution in [0.1, 0.15) is 29.3 Å². The quantitative estimate of drug-likeness (QED) is 0.582. The van der Waals surface area contributed by atoms with Crippen molar-refractivity contribution >= 4 is 28.4 Å². The van der Waals surface area contributed by atoms with Gasteiger partial charge in [-0.2, -0.15) is 0 Å². The number of para-hydroxylation sites is 1. The van der Waals surface area contributed by atoms with Gasteiger partial charge in [0.2, 0.25) is 0 Å². The average molecular weight is 366 g/mol. The summed E-state index contributed by atoms with van der Waals surface area (Å²) in [5, 5.41) is 0. The van der Waals surface area contributed by atoms with Crippen molar-refractivity contribution in [1.82, 2.24) is 0 Å². The number of rotatable bonds is 5. The first kappa shape index (κ1) is 14.1. The molecule has 0 radical (unpaired) electrons. The van der Waals surface area contributed by atoms with Crippen molar-refractivity contribution in [3.8, 4) is 5.75 Å². The number of hydrogen-bond acceptors (Lipinski definition) is 2. The molecule has 0 spiro atoms. The monoisotopic (exact) mass is 366 g/mol. The number of ketones is 1. The van der Waals surface area contributed by atoms with E-state index < -0.39 is 0 Å². The lowest BCUT2D eigenvalue weighted by molar-refractivity contribution is 0.103. The second kappa shape index (κ2) is 6.70. The fourth-order valence-corrected chi connectivity index (χ4v) is 2.11. The lowest BCUT2D eigenvalue weighted by Crippen LogP contribution is -2.06. The van der Waals surface area contributed by atoms with Crippen LogP contribution in [0.2, 0.25) is 0 Å². The molecular weight excluding hydrogens is 351 g/mol. The van der Waals surface area contributed by atoms with Crippen LogP contribution in [0.4, 0.5) is 0 Å². The van der Waals surface area contributed by atoms with Crippen LogP contribution in [0.25, 0.3) is 0 Å². The summed E-state index contributed by atoms with van der Waals surface area (Å²) in [5.74, 6) is 0.663. The van der Waals surface area contributed by atoms with Crippen LogP contribution in [0.3, 0.4) is 0 Å². The molecule has 0 N–H and O–H groups in total. The Bertz CT molecular complexity index is 561. The molecule has 0 aliphatic rings. The molecule has 2 aromatic rings. The van der Waals surface area contributed by atoms with Gasteiger partial charge in [0, 0.05) is 9.13 Å². The molecule has 3 heteroatoms. The van der Waals surface area contributed by atoms with Gasteiger partial charge < -0.3 is 4.74 Å². The van der Waals surface area contributed by atoms with Crippen molar-refractivity contribution in [2.45, 2.75) is 13.3 Å². The van der Waals surface area contributed by atoms with E-state index in [4.69, 9.17) is 4.74 Å². The van der Waals surface area contributed by atoms with E-state index in [-0.39, 0.29) is 5.78 Å². The van der Waals surface area contributed by atoms with Gasteiger partial charge in [-0.15, -0.1) is 0 Å². The summed E-state index contributed by atoms with van der Waals surface area (Å²) in [6, 6.07) is 15.0. The van der Waals surface area contributed by atoms with E-state index in [0.29, 0.717) is 23.5 Å². The van der Waals surface area contributed by atoms with Gasteiger partial charge in [-0.3, -0.25) is 4.79 Å². The highest BCUT2D eigenvalue weighted by molar-refractivity contribution is 14.1. The van der Waals surface area contributed by atoms with E-state index in [1.54, 1.807) is 0 Å². The predicted octanol–water partition coefficient (Wildman–Crippen LogP) is 4.31. The van der Waals surface area contributed by atoms with Crippen molar-refractivity contribution < 1.29 is 9.53 Å². The van der Waals surface area contributed by atoms with Crippen LogP contribution in [0.5, 0.6) is 5.75 Å². The van der Waals surface area contributed by atoms with Gasteiger partial charge >= 0.3 is 0 Å². The lowest BCUT2D eigenvalue weighted by Gasteiger charge is -2.10. The largest absolute Gasteiger partial charge is 0.493 e. The average Bonchev–Trinajstić information content (AvgIpc) is 2.45. The Kier molecular flexibility index (Phi) is 4.96. The summed E-state index contributed by atoms with van der Waals surface area (Å²) < 4.78 is 6.75. The Morgan fingerprint density at radius 3 is 2.47 bits per heavy atom.